The number of hydrogen-bond donors (Lipinski definition) is 0. The van der Waals surface area contributed by atoms with E-state index in [4.69, 9.17) is 5.26 Å². The highest BCUT2D eigenvalue weighted by atomic mass is 16.5. The molecule has 2 aliphatic carbocycles. The molecule has 5 heteroatoms. The Kier molecular flexibility index (Phi) is 3.32. The lowest BCUT2D eigenvalue weighted by molar-refractivity contribution is -0.145. The van der Waals surface area contributed by atoms with Gasteiger partial charge in [-0.1, -0.05) is 0 Å². The third-order valence-corrected chi connectivity index (χ3v) is 3.35. The monoisotopic (exact) mass is 236 g/mol. The Morgan fingerprint density at radius 3 is 2.65 bits per heavy atom. The van der Waals surface area contributed by atoms with E-state index < -0.39 is 0 Å². The Labute approximate surface area is 100 Å². The first-order chi connectivity index (χ1) is 8.19. The van der Waals surface area contributed by atoms with Crippen molar-refractivity contribution in [3.63, 3.8) is 0 Å². The van der Waals surface area contributed by atoms with Gasteiger partial charge in [0.15, 0.2) is 0 Å². The quantitative estimate of drug-likeness (QED) is 0.659. The SMILES string of the molecule is COC(=O)[C@H]1C[C@H]1C(=O)N(CCC#N)C1CC1. The van der Waals surface area contributed by atoms with Crippen molar-refractivity contribution >= 4 is 11.9 Å². The third kappa shape index (κ3) is 2.57. The highest BCUT2D eigenvalue weighted by Gasteiger charge is 2.51. The standard InChI is InChI=1S/C12H16N2O3/c1-17-12(16)10-7-9(10)11(15)14(6-2-5-13)8-3-4-8/h8-10H,2-4,6-7H2,1H3/t9-,10+/m1/s1. The molecule has 0 spiro atoms. The van der Waals surface area contributed by atoms with Gasteiger partial charge in [-0.2, -0.15) is 5.26 Å². The van der Waals surface area contributed by atoms with Crippen molar-refractivity contribution in [1.29, 1.82) is 5.26 Å². The Hall–Kier alpha value is -1.57. The van der Waals surface area contributed by atoms with Crippen LogP contribution in [0.2, 0.25) is 0 Å². The molecule has 0 saturated heterocycles. The Morgan fingerprint density at radius 1 is 1.41 bits per heavy atom. The zero-order chi connectivity index (χ0) is 12.4. The molecule has 0 aliphatic heterocycles. The number of carbonyl (C=O) groups is 2. The van der Waals surface area contributed by atoms with Gasteiger partial charge < -0.3 is 9.64 Å². The minimum Gasteiger partial charge on any atom is -0.469 e. The van der Waals surface area contributed by atoms with E-state index in [0.717, 1.165) is 12.8 Å². The Bertz CT molecular complexity index is 370. The molecule has 0 aromatic carbocycles. The van der Waals surface area contributed by atoms with E-state index in [1.54, 1.807) is 4.90 Å². The maximum atomic E-state index is 12.1. The molecule has 2 saturated carbocycles. The molecule has 2 fully saturated rings. The van der Waals surface area contributed by atoms with E-state index in [-0.39, 0.29) is 23.7 Å². The first-order valence-corrected chi connectivity index (χ1v) is 5.94. The zero-order valence-electron chi connectivity index (χ0n) is 9.89. The second-order valence-corrected chi connectivity index (χ2v) is 4.64. The summed E-state index contributed by atoms with van der Waals surface area (Å²) in [7, 11) is 1.34. The first-order valence-electron chi connectivity index (χ1n) is 5.94. The van der Waals surface area contributed by atoms with Gasteiger partial charge in [-0.15, -0.1) is 0 Å². The second-order valence-electron chi connectivity index (χ2n) is 4.64. The third-order valence-electron chi connectivity index (χ3n) is 3.35. The van der Waals surface area contributed by atoms with Crippen molar-refractivity contribution in [3.05, 3.63) is 0 Å². The summed E-state index contributed by atoms with van der Waals surface area (Å²) < 4.78 is 4.63. The van der Waals surface area contributed by atoms with Crippen LogP contribution in [-0.4, -0.2) is 36.5 Å². The van der Waals surface area contributed by atoms with Gasteiger partial charge in [-0.3, -0.25) is 9.59 Å². The van der Waals surface area contributed by atoms with E-state index in [2.05, 4.69) is 10.8 Å². The molecule has 0 bridgehead atoms. The van der Waals surface area contributed by atoms with Crippen molar-refractivity contribution in [3.8, 4) is 6.07 Å². The summed E-state index contributed by atoms with van der Waals surface area (Å²) in [6, 6.07) is 2.36. The molecule has 2 rings (SSSR count). The highest BCUT2D eigenvalue weighted by molar-refractivity contribution is 5.90. The molecule has 0 aromatic rings. The molecule has 2 aliphatic rings. The zero-order valence-corrected chi connectivity index (χ0v) is 9.89. The number of nitrogens with zero attached hydrogens (tertiary/aromatic N) is 2. The fourth-order valence-electron chi connectivity index (χ4n) is 2.12. The number of amides is 1. The summed E-state index contributed by atoms with van der Waals surface area (Å²) in [6.45, 7) is 0.490. The molecule has 92 valence electrons. The summed E-state index contributed by atoms with van der Waals surface area (Å²) in [4.78, 5) is 25.2. The van der Waals surface area contributed by atoms with E-state index in [9.17, 15) is 9.59 Å². The average molecular weight is 236 g/mol. The molecule has 17 heavy (non-hydrogen) atoms. The lowest BCUT2D eigenvalue weighted by Gasteiger charge is -2.21. The average Bonchev–Trinajstić information content (AvgIpc) is 3.18. The fourth-order valence-corrected chi connectivity index (χ4v) is 2.12. The highest BCUT2D eigenvalue weighted by Crippen LogP contribution is 2.42. The van der Waals surface area contributed by atoms with Crippen LogP contribution in [0.3, 0.4) is 0 Å². The molecule has 1 amide bonds. The number of carbonyl (C=O) groups excluding carboxylic acids is 2. The van der Waals surface area contributed by atoms with E-state index >= 15 is 0 Å². The van der Waals surface area contributed by atoms with Crippen molar-refractivity contribution in [2.24, 2.45) is 11.8 Å². The number of rotatable bonds is 5. The number of methoxy groups -OCH3 is 1. The van der Waals surface area contributed by atoms with Crippen molar-refractivity contribution < 1.29 is 14.3 Å². The van der Waals surface area contributed by atoms with Crippen LogP contribution in [0, 0.1) is 23.2 Å². The molecule has 5 nitrogen and oxygen atoms in total. The minimum atomic E-state index is -0.292. The Balaban J connectivity index is 1.90. The summed E-state index contributed by atoms with van der Waals surface area (Å²) >= 11 is 0. The molecule has 0 heterocycles. The van der Waals surface area contributed by atoms with Crippen LogP contribution in [0.4, 0.5) is 0 Å². The molecular formula is C12H16N2O3. The van der Waals surface area contributed by atoms with Gasteiger partial charge in [0.25, 0.3) is 0 Å². The molecule has 2 atom stereocenters. The first kappa shape index (κ1) is 11.9. The fraction of sp³-hybridized carbons (Fsp3) is 0.750. The Morgan fingerprint density at radius 2 is 2.12 bits per heavy atom. The number of esters is 1. The molecular weight excluding hydrogens is 220 g/mol. The maximum Gasteiger partial charge on any atom is 0.309 e. The van der Waals surface area contributed by atoms with Gasteiger partial charge in [0.05, 0.1) is 31.4 Å². The summed E-state index contributed by atoms with van der Waals surface area (Å²) in [5.41, 5.74) is 0. The van der Waals surface area contributed by atoms with Gasteiger partial charge >= 0.3 is 5.97 Å². The summed E-state index contributed by atoms with van der Waals surface area (Å²) in [6.07, 6.45) is 3.00. The van der Waals surface area contributed by atoms with Gasteiger partial charge in [0, 0.05) is 12.6 Å². The van der Waals surface area contributed by atoms with Crippen molar-refractivity contribution in [2.45, 2.75) is 31.7 Å². The smallest absolute Gasteiger partial charge is 0.309 e. The predicted molar refractivity (Wildman–Crippen MR) is 58.6 cm³/mol. The van der Waals surface area contributed by atoms with Gasteiger partial charge in [0.2, 0.25) is 5.91 Å². The molecule has 0 radical (unpaired) electrons. The molecule has 0 aromatic heterocycles. The maximum absolute atomic E-state index is 12.1. The van der Waals surface area contributed by atoms with Crippen LogP contribution in [0.1, 0.15) is 25.7 Å². The minimum absolute atomic E-state index is 0.0261. The summed E-state index contributed by atoms with van der Waals surface area (Å²) in [5, 5.41) is 8.57. The number of hydrogen-bond acceptors (Lipinski definition) is 4. The van der Waals surface area contributed by atoms with Gasteiger partial charge in [-0.25, -0.2) is 0 Å². The predicted octanol–water partition coefficient (Wildman–Crippen LogP) is 0.700. The van der Waals surface area contributed by atoms with Crippen LogP contribution < -0.4 is 0 Å². The lowest BCUT2D eigenvalue weighted by atomic mass is 10.2. The van der Waals surface area contributed by atoms with Crippen molar-refractivity contribution in [1.82, 2.24) is 4.90 Å². The van der Waals surface area contributed by atoms with Crippen molar-refractivity contribution in [2.75, 3.05) is 13.7 Å². The second kappa shape index (κ2) is 4.74. The number of ether oxygens (including phenoxy) is 1. The van der Waals surface area contributed by atoms with Crippen LogP contribution in [0.5, 0.6) is 0 Å². The largest absolute Gasteiger partial charge is 0.469 e. The topological polar surface area (TPSA) is 70.4 Å². The normalized spacial score (nSPS) is 25.9. The lowest BCUT2D eigenvalue weighted by Crippen LogP contribution is -2.35. The van der Waals surface area contributed by atoms with Gasteiger partial charge in [-0.05, 0) is 19.3 Å². The number of nitriles is 1. The van der Waals surface area contributed by atoms with E-state index in [1.807, 2.05) is 0 Å². The van der Waals surface area contributed by atoms with Crippen LogP contribution in [0.15, 0.2) is 0 Å². The van der Waals surface area contributed by atoms with Gasteiger partial charge in [0.1, 0.15) is 0 Å². The van der Waals surface area contributed by atoms with Crippen LogP contribution in [0.25, 0.3) is 0 Å². The van der Waals surface area contributed by atoms with E-state index in [0.29, 0.717) is 25.4 Å². The molecule has 0 unspecified atom stereocenters. The van der Waals surface area contributed by atoms with E-state index in [1.165, 1.54) is 7.11 Å². The summed E-state index contributed by atoms with van der Waals surface area (Å²) in [5.74, 6) is -0.727. The van der Waals surface area contributed by atoms with Crippen LogP contribution >= 0.6 is 0 Å². The molecule has 0 N–H and O–H groups in total. The van der Waals surface area contributed by atoms with Crippen LogP contribution in [-0.2, 0) is 14.3 Å².